The maximum absolute atomic E-state index is 11.7. The number of benzene rings is 1. The lowest BCUT2D eigenvalue weighted by Crippen LogP contribution is -2.42. The summed E-state index contributed by atoms with van der Waals surface area (Å²) >= 11 is 17.6. The Morgan fingerprint density at radius 1 is 1.00 bits per heavy atom. The van der Waals surface area contributed by atoms with Crippen molar-refractivity contribution in [3.63, 3.8) is 0 Å². The zero-order valence-corrected chi connectivity index (χ0v) is 13.3. The van der Waals surface area contributed by atoms with E-state index in [1.807, 2.05) is 0 Å². The van der Waals surface area contributed by atoms with E-state index in [4.69, 9.17) is 44.3 Å². The summed E-state index contributed by atoms with van der Waals surface area (Å²) in [5, 5.41) is 3.54. The first-order valence-corrected chi connectivity index (χ1v) is 6.91. The SMILES string of the molecule is CC1(C)OC(=O)C(=CNc2cc(Cl)c(Cl)cc2Cl)C(=O)O1. The molecule has 0 aromatic heterocycles. The summed E-state index contributed by atoms with van der Waals surface area (Å²) < 4.78 is 9.90. The minimum absolute atomic E-state index is 0.275. The summed E-state index contributed by atoms with van der Waals surface area (Å²) in [7, 11) is 0. The highest BCUT2D eigenvalue weighted by Crippen LogP contribution is 2.32. The first-order chi connectivity index (χ1) is 9.69. The quantitative estimate of drug-likeness (QED) is 0.380. The molecule has 1 N–H and O–H groups in total. The minimum atomic E-state index is -1.28. The fraction of sp³-hybridized carbons (Fsp3) is 0.231. The van der Waals surface area contributed by atoms with E-state index in [9.17, 15) is 9.59 Å². The Morgan fingerprint density at radius 2 is 1.52 bits per heavy atom. The standard InChI is InChI=1S/C13H10Cl3NO4/c1-13(2)20-11(18)6(12(19)21-13)5-17-10-4-8(15)7(14)3-9(10)16/h3-5,17H,1-2H3. The molecule has 2 rings (SSSR count). The summed E-state index contributed by atoms with van der Waals surface area (Å²) in [4.78, 5) is 23.5. The summed E-state index contributed by atoms with van der Waals surface area (Å²) in [5.41, 5.74) is 0.0977. The maximum atomic E-state index is 11.7. The molecule has 0 unspecified atom stereocenters. The lowest BCUT2D eigenvalue weighted by Gasteiger charge is -2.29. The normalized spacial score (nSPS) is 17.1. The van der Waals surface area contributed by atoms with Gasteiger partial charge in [0.15, 0.2) is 5.57 Å². The second kappa shape index (κ2) is 5.75. The van der Waals surface area contributed by atoms with Crippen LogP contribution < -0.4 is 5.32 Å². The van der Waals surface area contributed by atoms with Crippen LogP contribution in [0.5, 0.6) is 0 Å². The van der Waals surface area contributed by atoms with Crippen molar-refractivity contribution in [1.29, 1.82) is 0 Å². The Balaban J connectivity index is 2.24. The number of halogens is 3. The third kappa shape index (κ3) is 3.61. The number of rotatable bonds is 2. The molecule has 0 aliphatic carbocycles. The molecular formula is C13H10Cl3NO4. The van der Waals surface area contributed by atoms with Crippen LogP contribution in [0.4, 0.5) is 5.69 Å². The lowest BCUT2D eigenvalue weighted by atomic mass is 10.2. The van der Waals surface area contributed by atoms with E-state index in [2.05, 4.69) is 5.32 Å². The smallest absolute Gasteiger partial charge is 0.350 e. The predicted octanol–water partition coefficient (Wildman–Crippen LogP) is 3.78. The van der Waals surface area contributed by atoms with E-state index >= 15 is 0 Å². The number of esters is 2. The average molecular weight is 351 g/mol. The van der Waals surface area contributed by atoms with E-state index in [0.29, 0.717) is 5.69 Å². The molecule has 1 aromatic rings. The van der Waals surface area contributed by atoms with Crippen molar-refractivity contribution in [2.24, 2.45) is 0 Å². The number of hydrogen-bond acceptors (Lipinski definition) is 5. The minimum Gasteiger partial charge on any atom is -0.419 e. The average Bonchev–Trinajstić information content (AvgIpc) is 2.32. The van der Waals surface area contributed by atoms with Gasteiger partial charge in [-0.2, -0.15) is 0 Å². The molecule has 8 heteroatoms. The highest BCUT2D eigenvalue weighted by Gasteiger charge is 2.38. The van der Waals surface area contributed by atoms with Gasteiger partial charge in [0, 0.05) is 20.0 Å². The van der Waals surface area contributed by atoms with Crippen LogP contribution in [0, 0.1) is 0 Å². The number of cyclic esters (lactones) is 2. The summed E-state index contributed by atoms with van der Waals surface area (Å²) in [6.45, 7) is 2.92. The summed E-state index contributed by atoms with van der Waals surface area (Å²) in [6, 6.07) is 2.90. The topological polar surface area (TPSA) is 64.6 Å². The van der Waals surface area contributed by atoms with Crippen molar-refractivity contribution in [2.45, 2.75) is 19.6 Å². The summed E-state index contributed by atoms with van der Waals surface area (Å²) in [6.07, 6.45) is 1.14. The third-order valence-corrected chi connectivity index (χ3v) is 3.53. The van der Waals surface area contributed by atoms with Crippen LogP contribution in [0.25, 0.3) is 0 Å². The number of anilines is 1. The predicted molar refractivity (Wildman–Crippen MR) is 79.4 cm³/mol. The largest absolute Gasteiger partial charge is 0.419 e. The van der Waals surface area contributed by atoms with Crippen LogP contribution in [0.15, 0.2) is 23.9 Å². The van der Waals surface area contributed by atoms with Gasteiger partial charge in [-0.15, -0.1) is 0 Å². The van der Waals surface area contributed by atoms with E-state index in [1.54, 1.807) is 0 Å². The molecule has 0 atom stereocenters. The molecule has 1 aliphatic rings. The molecule has 0 saturated carbocycles. The van der Waals surface area contributed by atoms with Gasteiger partial charge in [0.05, 0.1) is 20.8 Å². The van der Waals surface area contributed by atoms with E-state index in [1.165, 1.54) is 26.0 Å². The number of hydrogen-bond donors (Lipinski definition) is 1. The highest BCUT2D eigenvalue weighted by molar-refractivity contribution is 6.44. The van der Waals surface area contributed by atoms with E-state index in [0.717, 1.165) is 6.20 Å². The van der Waals surface area contributed by atoms with Crippen LogP contribution in [0.3, 0.4) is 0 Å². The third-order valence-electron chi connectivity index (χ3n) is 2.50. The van der Waals surface area contributed by atoms with Gasteiger partial charge in [-0.3, -0.25) is 0 Å². The number of nitrogens with one attached hydrogen (secondary N) is 1. The molecule has 1 saturated heterocycles. The molecule has 1 heterocycles. The fourth-order valence-electron chi connectivity index (χ4n) is 1.56. The Kier molecular flexibility index (Phi) is 4.37. The Bertz CT molecular complexity index is 633. The fourth-order valence-corrected chi connectivity index (χ4v) is 2.16. The van der Waals surface area contributed by atoms with Crippen LogP contribution >= 0.6 is 34.8 Å². The van der Waals surface area contributed by atoms with Gasteiger partial charge in [-0.25, -0.2) is 9.59 Å². The lowest BCUT2D eigenvalue weighted by molar-refractivity contribution is -0.222. The monoisotopic (exact) mass is 349 g/mol. The van der Waals surface area contributed by atoms with Crippen LogP contribution in [-0.2, 0) is 19.1 Å². The molecule has 0 amide bonds. The van der Waals surface area contributed by atoms with Crippen LogP contribution in [-0.4, -0.2) is 17.7 Å². The second-order valence-corrected chi connectivity index (χ2v) is 5.85. The van der Waals surface area contributed by atoms with Gasteiger partial charge in [-0.1, -0.05) is 34.8 Å². The molecule has 1 fully saturated rings. The van der Waals surface area contributed by atoms with Gasteiger partial charge in [0.1, 0.15) is 0 Å². The van der Waals surface area contributed by atoms with Gasteiger partial charge in [-0.05, 0) is 12.1 Å². The van der Waals surface area contributed by atoms with Crippen LogP contribution in [0.2, 0.25) is 15.1 Å². The van der Waals surface area contributed by atoms with Gasteiger partial charge in [0.2, 0.25) is 0 Å². The van der Waals surface area contributed by atoms with E-state index in [-0.39, 0.29) is 20.6 Å². The van der Waals surface area contributed by atoms with Gasteiger partial charge < -0.3 is 14.8 Å². The zero-order valence-electron chi connectivity index (χ0n) is 11.0. The molecular weight excluding hydrogens is 341 g/mol. The zero-order chi connectivity index (χ0) is 15.8. The molecule has 0 radical (unpaired) electrons. The van der Waals surface area contributed by atoms with Gasteiger partial charge >= 0.3 is 11.9 Å². The number of carbonyl (C=O) groups is 2. The van der Waals surface area contributed by atoms with Crippen molar-refractivity contribution in [1.82, 2.24) is 0 Å². The maximum Gasteiger partial charge on any atom is 0.350 e. The first-order valence-electron chi connectivity index (χ1n) is 5.77. The second-order valence-electron chi connectivity index (χ2n) is 4.63. The molecule has 21 heavy (non-hydrogen) atoms. The van der Waals surface area contributed by atoms with Gasteiger partial charge in [0.25, 0.3) is 5.79 Å². The number of ether oxygens (including phenoxy) is 2. The Labute approximate surface area is 135 Å². The molecule has 1 aliphatic heterocycles. The molecule has 0 bridgehead atoms. The highest BCUT2D eigenvalue weighted by atomic mass is 35.5. The van der Waals surface area contributed by atoms with Crippen molar-refractivity contribution < 1.29 is 19.1 Å². The Morgan fingerprint density at radius 3 is 2.10 bits per heavy atom. The van der Waals surface area contributed by atoms with E-state index < -0.39 is 17.7 Å². The molecule has 112 valence electrons. The van der Waals surface area contributed by atoms with Crippen LogP contribution in [0.1, 0.15) is 13.8 Å². The van der Waals surface area contributed by atoms with Crippen molar-refractivity contribution in [3.8, 4) is 0 Å². The van der Waals surface area contributed by atoms with Crippen molar-refractivity contribution in [2.75, 3.05) is 5.32 Å². The molecule has 0 spiro atoms. The number of carbonyl (C=O) groups excluding carboxylic acids is 2. The van der Waals surface area contributed by atoms with Crippen molar-refractivity contribution >= 4 is 52.4 Å². The first kappa shape index (κ1) is 15.9. The summed E-state index contributed by atoms with van der Waals surface area (Å²) in [5.74, 6) is -2.87. The molecule has 1 aromatic carbocycles. The Hall–Kier alpha value is -1.43. The molecule has 5 nitrogen and oxygen atoms in total. The van der Waals surface area contributed by atoms with Crippen molar-refractivity contribution in [3.05, 3.63) is 39.0 Å².